The summed E-state index contributed by atoms with van der Waals surface area (Å²) in [5, 5.41) is 7.32. The van der Waals surface area contributed by atoms with Crippen LogP contribution in [0.4, 0.5) is 11.4 Å². The second-order valence-corrected chi connectivity index (χ2v) is 7.33. The fraction of sp³-hybridized carbons (Fsp3) is 0.261. The number of amides is 2. The molecule has 1 saturated heterocycles. The quantitative estimate of drug-likeness (QED) is 0.697. The lowest BCUT2D eigenvalue weighted by atomic mass is 10.1. The molecule has 0 spiro atoms. The minimum Gasteiger partial charge on any atom is -0.326 e. The normalized spacial score (nSPS) is 13.7. The molecule has 1 aliphatic rings. The number of aryl methyl sites for hydroxylation is 2. The number of rotatable bonds is 6. The molecule has 2 heterocycles. The zero-order valence-electron chi connectivity index (χ0n) is 16.5. The fourth-order valence-electron chi connectivity index (χ4n) is 3.63. The van der Waals surface area contributed by atoms with Crippen molar-refractivity contribution in [1.29, 1.82) is 0 Å². The van der Waals surface area contributed by atoms with Crippen LogP contribution in [0.1, 0.15) is 30.4 Å². The number of hydrogen-bond acceptors (Lipinski definition) is 3. The van der Waals surface area contributed by atoms with Crippen molar-refractivity contribution in [1.82, 2.24) is 9.78 Å². The number of hydrogen-bond donors (Lipinski definition) is 1. The Bertz CT molecular complexity index is 1030. The van der Waals surface area contributed by atoms with E-state index in [1.807, 2.05) is 71.2 Å². The molecule has 1 aromatic heterocycles. The van der Waals surface area contributed by atoms with E-state index in [2.05, 4.69) is 10.4 Å². The van der Waals surface area contributed by atoms with Crippen molar-refractivity contribution in [2.45, 2.75) is 32.6 Å². The van der Waals surface area contributed by atoms with Crippen LogP contribution in [0.2, 0.25) is 0 Å². The first-order chi connectivity index (χ1) is 14.1. The van der Waals surface area contributed by atoms with E-state index < -0.39 is 0 Å². The molecule has 2 aromatic carbocycles. The second-order valence-electron chi connectivity index (χ2n) is 7.33. The molecule has 2 amide bonds. The molecule has 6 nitrogen and oxygen atoms in total. The van der Waals surface area contributed by atoms with E-state index in [1.54, 1.807) is 6.20 Å². The third kappa shape index (κ3) is 4.37. The third-order valence-corrected chi connectivity index (χ3v) is 5.14. The van der Waals surface area contributed by atoms with Gasteiger partial charge < -0.3 is 10.2 Å². The summed E-state index contributed by atoms with van der Waals surface area (Å²) < 4.78 is 1.81. The number of carbonyl (C=O) groups is 2. The highest BCUT2D eigenvalue weighted by Gasteiger charge is 2.23. The van der Waals surface area contributed by atoms with Crippen molar-refractivity contribution in [3.8, 4) is 5.69 Å². The molecule has 0 aliphatic carbocycles. The maximum atomic E-state index is 12.4. The average molecular weight is 388 g/mol. The lowest BCUT2D eigenvalue weighted by Gasteiger charge is -2.19. The van der Waals surface area contributed by atoms with Crippen LogP contribution >= 0.6 is 0 Å². The van der Waals surface area contributed by atoms with Crippen molar-refractivity contribution in [2.24, 2.45) is 0 Å². The van der Waals surface area contributed by atoms with Gasteiger partial charge in [0.15, 0.2) is 0 Å². The standard InChI is InChI=1S/C23H24N4O2/c1-17-14-19(10-11-21(17)26-13-5-8-23(26)29)25-22(28)12-9-18-15-24-27(16-18)20-6-3-2-4-7-20/h2-4,6-7,10-11,14-16H,5,8-9,12-13H2,1H3,(H,25,28). The zero-order valence-corrected chi connectivity index (χ0v) is 16.5. The van der Waals surface area contributed by atoms with Gasteiger partial charge in [0.25, 0.3) is 0 Å². The van der Waals surface area contributed by atoms with Crippen molar-refractivity contribution in [2.75, 3.05) is 16.8 Å². The van der Waals surface area contributed by atoms with Crippen molar-refractivity contribution < 1.29 is 9.59 Å². The highest BCUT2D eigenvalue weighted by atomic mass is 16.2. The largest absolute Gasteiger partial charge is 0.326 e. The van der Waals surface area contributed by atoms with Gasteiger partial charge in [-0.3, -0.25) is 9.59 Å². The van der Waals surface area contributed by atoms with Gasteiger partial charge in [-0.1, -0.05) is 18.2 Å². The minimum absolute atomic E-state index is 0.0399. The summed E-state index contributed by atoms with van der Waals surface area (Å²) in [6, 6.07) is 15.6. The molecule has 1 N–H and O–H groups in total. The van der Waals surface area contributed by atoms with E-state index in [4.69, 9.17) is 0 Å². The molecule has 0 bridgehead atoms. The number of para-hydroxylation sites is 1. The molecular weight excluding hydrogens is 364 g/mol. The topological polar surface area (TPSA) is 67.2 Å². The van der Waals surface area contributed by atoms with E-state index in [1.165, 1.54) is 0 Å². The van der Waals surface area contributed by atoms with E-state index in [-0.39, 0.29) is 11.8 Å². The Labute approximate surface area is 170 Å². The van der Waals surface area contributed by atoms with Gasteiger partial charge in [-0.15, -0.1) is 0 Å². The maximum Gasteiger partial charge on any atom is 0.227 e. The molecule has 0 saturated carbocycles. The van der Waals surface area contributed by atoms with Crippen LogP contribution in [-0.2, 0) is 16.0 Å². The smallest absolute Gasteiger partial charge is 0.227 e. The lowest BCUT2D eigenvalue weighted by Crippen LogP contribution is -2.24. The van der Waals surface area contributed by atoms with Crippen LogP contribution in [0, 0.1) is 6.92 Å². The molecule has 0 unspecified atom stereocenters. The number of aromatic nitrogens is 2. The van der Waals surface area contributed by atoms with Crippen molar-refractivity contribution in [3.05, 3.63) is 72.1 Å². The zero-order chi connectivity index (χ0) is 20.2. The second kappa shape index (κ2) is 8.31. The first-order valence-corrected chi connectivity index (χ1v) is 9.90. The summed E-state index contributed by atoms with van der Waals surface area (Å²) in [6.07, 6.45) is 6.27. The predicted octanol–water partition coefficient (Wildman–Crippen LogP) is 3.88. The van der Waals surface area contributed by atoms with E-state index in [0.717, 1.165) is 41.2 Å². The summed E-state index contributed by atoms with van der Waals surface area (Å²) in [6.45, 7) is 2.73. The van der Waals surface area contributed by atoms with Crippen LogP contribution < -0.4 is 10.2 Å². The average Bonchev–Trinajstić information content (AvgIpc) is 3.36. The van der Waals surface area contributed by atoms with E-state index >= 15 is 0 Å². The molecule has 1 aliphatic heterocycles. The monoisotopic (exact) mass is 388 g/mol. The minimum atomic E-state index is -0.0399. The predicted molar refractivity (Wildman–Crippen MR) is 113 cm³/mol. The van der Waals surface area contributed by atoms with Crippen molar-refractivity contribution >= 4 is 23.2 Å². The summed E-state index contributed by atoms with van der Waals surface area (Å²) in [5.74, 6) is 0.128. The van der Waals surface area contributed by atoms with Gasteiger partial charge in [0, 0.05) is 37.0 Å². The van der Waals surface area contributed by atoms with Gasteiger partial charge in [-0.2, -0.15) is 5.10 Å². The van der Waals surface area contributed by atoms with Gasteiger partial charge in [0.2, 0.25) is 11.8 Å². The maximum absolute atomic E-state index is 12.4. The molecule has 6 heteroatoms. The first-order valence-electron chi connectivity index (χ1n) is 9.90. The van der Waals surface area contributed by atoms with Gasteiger partial charge in [-0.25, -0.2) is 4.68 Å². The van der Waals surface area contributed by atoms with Gasteiger partial charge in [0.1, 0.15) is 0 Å². The molecule has 0 radical (unpaired) electrons. The fourth-order valence-corrected chi connectivity index (χ4v) is 3.63. The Balaban J connectivity index is 1.34. The van der Waals surface area contributed by atoms with Crippen LogP contribution in [-0.4, -0.2) is 28.1 Å². The molecule has 0 atom stereocenters. The highest BCUT2D eigenvalue weighted by molar-refractivity contribution is 5.97. The molecular formula is C23H24N4O2. The number of benzene rings is 2. The van der Waals surface area contributed by atoms with Crippen LogP contribution in [0.3, 0.4) is 0 Å². The van der Waals surface area contributed by atoms with Gasteiger partial charge in [0.05, 0.1) is 11.9 Å². The molecule has 1 fully saturated rings. The van der Waals surface area contributed by atoms with E-state index in [9.17, 15) is 9.59 Å². The number of carbonyl (C=O) groups excluding carboxylic acids is 2. The summed E-state index contributed by atoms with van der Waals surface area (Å²) >= 11 is 0. The summed E-state index contributed by atoms with van der Waals surface area (Å²) in [7, 11) is 0. The third-order valence-electron chi connectivity index (χ3n) is 5.14. The van der Waals surface area contributed by atoms with Crippen molar-refractivity contribution in [3.63, 3.8) is 0 Å². The Hall–Kier alpha value is -3.41. The number of anilines is 2. The molecule has 4 rings (SSSR count). The lowest BCUT2D eigenvalue weighted by molar-refractivity contribution is -0.117. The SMILES string of the molecule is Cc1cc(NC(=O)CCc2cnn(-c3ccccc3)c2)ccc1N1CCCC1=O. The highest BCUT2D eigenvalue weighted by Crippen LogP contribution is 2.27. The Morgan fingerprint density at radius 3 is 2.72 bits per heavy atom. The Morgan fingerprint density at radius 2 is 2.00 bits per heavy atom. The summed E-state index contributed by atoms with van der Waals surface area (Å²) in [5.41, 5.74) is 4.68. The van der Waals surface area contributed by atoms with Crippen LogP contribution in [0.15, 0.2) is 60.9 Å². The molecule has 29 heavy (non-hydrogen) atoms. The Morgan fingerprint density at radius 1 is 1.17 bits per heavy atom. The van der Waals surface area contributed by atoms with E-state index in [0.29, 0.717) is 19.3 Å². The van der Waals surface area contributed by atoms with Gasteiger partial charge >= 0.3 is 0 Å². The summed E-state index contributed by atoms with van der Waals surface area (Å²) in [4.78, 5) is 26.1. The van der Waals surface area contributed by atoms with Crippen LogP contribution in [0.25, 0.3) is 5.69 Å². The molecule has 148 valence electrons. The van der Waals surface area contributed by atoms with Gasteiger partial charge in [-0.05, 0) is 61.2 Å². The van der Waals surface area contributed by atoms with Crippen LogP contribution in [0.5, 0.6) is 0 Å². The first kappa shape index (κ1) is 18.9. The Kier molecular flexibility index (Phi) is 5.42. The molecule has 3 aromatic rings. The number of nitrogens with zero attached hydrogens (tertiary/aromatic N) is 3. The number of nitrogens with one attached hydrogen (secondary N) is 1.